The first-order chi connectivity index (χ1) is 8.62. The molecule has 2 rings (SSSR count). The molecule has 112 valence electrons. The highest BCUT2D eigenvalue weighted by Crippen LogP contribution is 2.46. The lowest BCUT2D eigenvalue weighted by molar-refractivity contribution is -0.137. The van der Waals surface area contributed by atoms with Crippen molar-refractivity contribution in [3.8, 4) is 0 Å². The van der Waals surface area contributed by atoms with Crippen LogP contribution in [0.4, 0.5) is 0 Å². The predicted octanol–water partition coefficient (Wildman–Crippen LogP) is 2.74. The molecule has 1 saturated heterocycles. The van der Waals surface area contributed by atoms with Gasteiger partial charge in [0.1, 0.15) is 0 Å². The van der Waals surface area contributed by atoms with Gasteiger partial charge < -0.3 is 10.6 Å². The van der Waals surface area contributed by atoms with Gasteiger partial charge in [0.05, 0.1) is 0 Å². The molecule has 0 aromatic carbocycles. The highest BCUT2D eigenvalue weighted by Gasteiger charge is 2.44. The summed E-state index contributed by atoms with van der Waals surface area (Å²) < 4.78 is 0. The monoisotopic (exact) mass is 288 g/mol. The van der Waals surface area contributed by atoms with E-state index >= 15 is 0 Å². The Morgan fingerprint density at radius 1 is 1.37 bits per heavy atom. The van der Waals surface area contributed by atoms with E-state index in [-0.39, 0.29) is 17.8 Å². The van der Waals surface area contributed by atoms with Crippen molar-refractivity contribution in [2.75, 3.05) is 19.6 Å². The van der Waals surface area contributed by atoms with Crippen LogP contribution in [0.5, 0.6) is 0 Å². The van der Waals surface area contributed by atoms with Gasteiger partial charge in [-0.1, -0.05) is 20.3 Å². The Hall–Kier alpha value is -0.280. The SMILES string of the molecule is CC(C)CC1(C(=O)NCC2CCCNC2)CCC1.Cl. The lowest BCUT2D eigenvalue weighted by Crippen LogP contribution is -2.48. The van der Waals surface area contributed by atoms with Crippen LogP contribution in [0.3, 0.4) is 0 Å². The first-order valence-corrected chi connectivity index (χ1v) is 7.61. The fraction of sp³-hybridized carbons (Fsp3) is 0.933. The molecular weight excluding hydrogens is 260 g/mol. The molecule has 2 fully saturated rings. The summed E-state index contributed by atoms with van der Waals surface area (Å²) in [6.45, 7) is 7.52. The molecule has 19 heavy (non-hydrogen) atoms. The average molecular weight is 289 g/mol. The van der Waals surface area contributed by atoms with Gasteiger partial charge in [0.2, 0.25) is 5.91 Å². The quantitative estimate of drug-likeness (QED) is 0.817. The number of hydrogen-bond donors (Lipinski definition) is 2. The largest absolute Gasteiger partial charge is 0.355 e. The predicted molar refractivity (Wildman–Crippen MR) is 81.6 cm³/mol. The van der Waals surface area contributed by atoms with E-state index in [0.717, 1.165) is 38.9 Å². The molecule has 3 nitrogen and oxygen atoms in total. The zero-order valence-corrected chi connectivity index (χ0v) is 13.2. The summed E-state index contributed by atoms with van der Waals surface area (Å²) in [6.07, 6.45) is 6.98. The minimum Gasteiger partial charge on any atom is -0.355 e. The molecule has 4 heteroatoms. The van der Waals surface area contributed by atoms with Crippen molar-refractivity contribution in [1.82, 2.24) is 10.6 Å². The maximum absolute atomic E-state index is 12.4. The van der Waals surface area contributed by atoms with Gasteiger partial charge in [0.15, 0.2) is 0 Å². The van der Waals surface area contributed by atoms with E-state index < -0.39 is 0 Å². The second-order valence-electron chi connectivity index (χ2n) is 6.65. The second kappa shape index (κ2) is 7.49. The summed E-state index contributed by atoms with van der Waals surface area (Å²) in [5, 5.41) is 6.63. The van der Waals surface area contributed by atoms with Gasteiger partial charge in [0, 0.05) is 12.0 Å². The number of hydrogen-bond acceptors (Lipinski definition) is 2. The van der Waals surface area contributed by atoms with E-state index in [1.165, 1.54) is 19.3 Å². The molecule has 2 N–H and O–H groups in total. The molecule has 1 aliphatic carbocycles. The average Bonchev–Trinajstić information content (AvgIpc) is 2.32. The zero-order chi connectivity index (χ0) is 13.0. The van der Waals surface area contributed by atoms with Crippen LogP contribution < -0.4 is 10.6 Å². The van der Waals surface area contributed by atoms with Crippen LogP contribution in [0.1, 0.15) is 52.4 Å². The minimum absolute atomic E-state index is 0. The smallest absolute Gasteiger partial charge is 0.226 e. The standard InChI is InChI=1S/C15H28N2O.ClH/c1-12(2)9-15(6-4-7-15)14(18)17-11-13-5-3-8-16-10-13;/h12-13,16H,3-11H2,1-2H3,(H,17,18);1H. The molecule has 0 bridgehead atoms. The van der Waals surface area contributed by atoms with E-state index in [1.54, 1.807) is 0 Å². The van der Waals surface area contributed by atoms with Crippen molar-refractivity contribution in [2.45, 2.75) is 52.4 Å². The van der Waals surface area contributed by atoms with E-state index in [1.807, 2.05) is 0 Å². The second-order valence-corrected chi connectivity index (χ2v) is 6.65. The Bertz CT molecular complexity index is 284. The fourth-order valence-corrected chi connectivity index (χ4v) is 3.43. The van der Waals surface area contributed by atoms with Crippen molar-refractivity contribution >= 4 is 18.3 Å². The summed E-state index contributed by atoms with van der Waals surface area (Å²) in [5.74, 6) is 1.58. The molecule has 1 heterocycles. The maximum atomic E-state index is 12.4. The van der Waals surface area contributed by atoms with Crippen LogP contribution in [0.15, 0.2) is 0 Å². The van der Waals surface area contributed by atoms with Gasteiger partial charge in [-0.3, -0.25) is 4.79 Å². The Kier molecular flexibility index (Phi) is 6.61. The van der Waals surface area contributed by atoms with E-state index in [0.29, 0.717) is 17.7 Å². The maximum Gasteiger partial charge on any atom is 0.226 e. The number of piperidine rings is 1. The van der Waals surface area contributed by atoms with E-state index in [2.05, 4.69) is 24.5 Å². The highest BCUT2D eigenvalue weighted by atomic mass is 35.5. The Morgan fingerprint density at radius 2 is 2.11 bits per heavy atom. The first-order valence-electron chi connectivity index (χ1n) is 7.61. The van der Waals surface area contributed by atoms with Crippen molar-refractivity contribution < 1.29 is 4.79 Å². The summed E-state index contributed by atoms with van der Waals surface area (Å²) >= 11 is 0. The minimum atomic E-state index is -0.0176. The molecule has 0 radical (unpaired) electrons. The summed E-state index contributed by atoms with van der Waals surface area (Å²) in [6, 6.07) is 0. The molecule has 0 spiro atoms. The van der Waals surface area contributed by atoms with Crippen LogP contribution in [-0.4, -0.2) is 25.5 Å². The summed E-state index contributed by atoms with van der Waals surface area (Å²) in [5.41, 5.74) is -0.0176. The number of halogens is 1. The van der Waals surface area contributed by atoms with Crippen LogP contribution in [0.2, 0.25) is 0 Å². The molecule has 1 amide bonds. The zero-order valence-electron chi connectivity index (χ0n) is 12.3. The molecule has 1 aliphatic heterocycles. The van der Waals surface area contributed by atoms with Crippen molar-refractivity contribution in [1.29, 1.82) is 0 Å². The highest BCUT2D eigenvalue weighted by molar-refractivity contribution is 5.85. The summed E-state index contributed by atoms with van der Waals surface area (Å²) in [4.78, 5) is 12.4. The van der Waals surface area contributed by atoms with E-state index in [9.17, 15) is 4.79 Å². The molecule has 1 unspecified atom stereocenters. The van der Waals surface area contributed by atoms with Gasteiger partial charge in [0.25, 0.3) is 0 Å². The van der Waals surface area contributed by atoms with Crippen LogP contribution in [0, 0.1) is 17.3 Å². The van der Waals surface area contributed by atoms with Crippen molar-refractivity contribution in [3.05, 3.63) is 0 Å². The van der Waals surface area contributed by atoms with Gasteiger partial charge in [-0.05, 0) is 57.0 Å². The van der Waals surface area contributed by atoms with Crippen LogP contribution in [0.25, 0.3) is 0 Å². The fourth-order valence-electron chi connectivity index (χ4n) is 3.43. The molecule has 0 aromatic heterocycles. The molecule has 1 saturated carbocycles. The van der Waals surface area contributed by atoms with Crippen molar-refractivity contribution in [2.24, 2.45) is 17.3 Å². The number of amides is 1. The molecular formula is C15H29ClN2O. The van der Waals surface area contributed by atoms with Gasteiger partial charge in [-0.2, -0.15) is 0 Å². The molecule has 1 atom stereocenters. The van der Waals surface area contributed by atoms with Crippen LogP contribution in [-0.2, 0) is 4.79 Å². The molecule has 0 aromatic rings. The number of nitrogens with one attached hydrogen (secondary N) is 2. The van der Waals surface area contributed by atoms with E-state index in [4.69, 9.17) is 0 Å². The van der Waals surface area contributed by atoms with Gasteiger partial charge >= 0.3 is 0 Å². The van der Waals surface area contributed by atoms with Crippen molar-refractivity contribution in [3.63, 3.8) is 0 Å². The third-order valence-electron chi connectivity index (χ3n) is 4.54. The lowest BCUT2D eigenvalue weighted by atomic mass is 9.64. The topological polar surface area (TPSA) is 41.1 Å². The van der Waals surface area contributed by atoms with Gasteiger partial charge in [-0.15, -0.1) is 12.4 Å². The summed E-state index contributed by atoms with van der Waals surface area (Å²) in [7, 11) is 0. The normalized spacial score (nSPS) is 25.3. The Morgan fingerprint density at radius 3 is 2.58 bits per heavy atom. The number of carbonyl (C=O) groups is 1. The van der Waals surface area contributed by atoms with Gasteiger partial charge in [-0.25, -0.2) is 0 Å². The third kappa shape index (κ3) is 4.35. The molecule has 2 aliphatic rings. The van der Waals surface area contributed by atoms with Crippen LogP contribution >= 0.6 is 12.4 Å². The number of rotatable bonds is 5. The number of carbonyl (C=O) groups excluding carboxylic acids is 1. The third-order valence-corrected chi connectivity index (χ3v) is 4.54. The Labute approximate surface area is 123 Å². The Balaban J connectivity index is 0.00000180. The first kappa shape index (κ1) is 16.8. The lowest BCUT2D eigenvalue weighted by Gasteiger charge is -2.42.